The molecule has 0 aromatic heterocycles. The van der Waals surface area contributed by atoms with Gasteiger partial charge in [0.2, 0.25) is 0 Å². The molecule has 0 amide bonds. The average Bonchev–Trinajstić information content (AvgIpc) is 2.33. The monoisotopic (exact) mass is 155 g/mol. The number of carbonyl (C=O) groups excluding carboxylic acids is 1. The Balaban J connectivity index is 2.53. The summed E-state index contributed by atoms with van der Waals surface area (Å²) in [6, 6.07) is 0.393. The zero-order valence-electron chi connectivity index (χ0n) is 7.55. The maximum absolute atomic E-state index is 11.5. The largest absolute Gasteiger partial charge is 0.314 e. The van der Waals surface area contributed by atoms with Gasteiger partial charge in [0.1, 0.15) is 5.78 Å². The molecule has 1 saturated heterocycles. The zero-order valence-corrected chi connectivity index (χ0v) is 7.55. The Hall–Kier alpha value is -0.370. The molecule has 1 rings (SSSR count). The van der Waals surface area contributed by atoms with Crippen molar-refractivity contribution in [3.63, 3.8) is 0 Å². The van der Waals surface area contributed by atoms with Gasteiger partial charge >= 0.3 is 0 Å². The van der Waals surface area contributed by atoms with E-state index >= 15 is 0 Å². The predicted molar refractivity (Wildman–Crippen MR) is 45.4 cm³/mol. The standard InChI is InChI=1S/C9H17NO/c1-6(2)9(11)8-4-5-10-7(8)3/h6-8,10H,4-5H2,1-3H3. The summed E-state index contributed by atoms with van der Waals surface area (Å²) in [4.78, 5) is 11.5. The van der Waals surface area contributed by atoms with Gasteiger partial charge in [0.15, 0.2) is 0 Å². The van der Waals surface area contributed by atoms with Crippen LogP contribution in [0.25, 0.3) is 0 Å². The van der Waals surface area contributed by atoms with Crippen molar-refractivity contribution in [3.8, 4) is 0 Å². The second-order valence-electron chi connectivity index (χ2n) is 3.70. The lowest BCUT2D eigenvalue weighted by Crippen LogP contribution is -2.30. The number of Topliss-reactive ketones (excluding diaryl/α,β-unsaturated/α-hetero) is 1. The Labute approximate surface area is 68.4 Å². The zero-order chi connectivity index (χ0) is 8.43. The van der Waals surface area contributed by atoms with E-state index in [9.17, 15) is 4.79 Å². The summed E-state index contributed by atoms with van der Waals surface area (Å²) in [7, 11) is 0. The van der Waals surface area contributed by atoms with Crippen LogP contribution in [0.5, 0.6) is 0 Å². The number of carbonyl (C=O) groups is 1. The summed E-state index contributed by atoms with van der Waals surface area (Å²) in [5.41, 5.74) is 0. The first kappa shape index (κ1) is 8.72. The minimum absolute atomic E-state index is 0.197. The second-order valence-corrected chi connectivity index (χ2v) is 3.70. The van der Waals surface area contributed by atoms with Crippen LogP contribution in [0.1, 0.15) is 27.2 Å². The smallest absolute Gasteiger partial charge is 0.140 e. The molecule has 2 nitrogen and oxygen atoms in total. The van der Waals surface area contributed by atoms with E-state index < -0.39 is 0 Å². The molecule has 1 N–H and O–H groups in total. The van der Waals surface area contributed by atoms with Crippen LogP contribution in [-0.2, 0) is 4.79 Å². The van der Waals surface area contributed by atoms with E-state index in [4.69, 9.17) is 0 Å². The van der Waals surface area contributed by atoms with Crippen LogP contribution >= 0.6 is 0 Å². The van der Waals surface area contributed by atoms with E-state index in [1.807, 2.05) is 13.8 Å². The first-order chi connectivity index (χ1) is 5.13. The Bertz CT molecular complexity index is 154. The van der Waals surface area contributed by atoms with E-state index in [0.29, 0.717) is 11.8 Å². The molecule has 11 heavy (non-hydrogen) atoms. The van der Waals surface area contributed by atoms with Gasteiger partial charge in [-0.3, -0.25) is 4.79 Å². The Morgan fingerprint density at radius 3 is 2.55 bits per heavy atom. The third kappa shape index (κ3) is 1.80. The molecule has 2 unspecified atom stereocenters. The van der Waals surface area contributed by atoms with Gasteiger partial charge in [0.25, 0.3) is 0 Å². The molecular weight excluding hydrogens is 138 g/mol. The highest BCUT2D eigenvalue weighted by Crippen LogP contribution is 2.19. The number of ketones is 1. The number of nitrogens with one attached hydrogen (secondary N) is 1. The minimum Gasteiger partial charge on any atom is -0.314 e. The van der Waals surface area contributed by atoms with Crippen LogP contribution in [0.3, 0.4) is 0 Å². The quantitative estimate of drug-likeness (QED) is 0.649. The molecule has 0 aliphatic carbocycles. The van der Waals surface area contributed by atoms with E-state index in [1.54, 1.807) is 0 Å². The lowest BCUT2D eigenvalue weighted by Gasteiger charge is -2.15. The second kappa shape index (κ2) is 3.35. The topological polar surface area (TPSA) is 29.1 Å². The predicted octanol–water partition coefficient (Wildman–Crippen LogP) is 1.21. The van der Waals surface area contributed by atoms with Crippen molar-refractivity contribution in [1.82, 2.24) is 5.32 Å². The van der Waals surface area contributed by atoms with Crippen molar-refractivity contribution >= 4 is 5.78 Å². The van der Waals surface area contributed by atoms with Crippen molar-refractivity contribution in [2.45, 2.75) is 33.2 Å². The molecule has 1 aliphatic rings. The molecule has 1 aliphatic heterocycles. The van der Waals surface area contributed by atoms with Gasteiger partial charge in [-0.1, -0.05) is 13.8 Å². The first-order valence-corrected chi connectivity index (χ1v) is 4.40. The van der Waals surface area contributed by atoms with Crippen LogP contribution in [0, 0.1) is 11.8 Å². The van der Waals surface area contributed by atoms with Crippen LogP contribution in [0.2, 0.25) is 0 Å². The van der Waals surface area contributed by atoms with Gasteiger partial charge in [0.05, 0.1) is 0 Å². The molecular formula is C9H17NO. The lowest BCUT2D eigenvalue weighted by molar-refractivity contribution is -0.125. The van der Waals surface area contributed by atoms with Crippen molar-refractivity contribution in [1.29, 1.82) is 0 Å². The maximum Gasteiger partial charge on any atom is 0.140 e. The van der Waals surface area contributed by atoms with E-state index in [-0.39, 0.29) is 11.8 Å². The van der Waals surface area contributed by atoms with E-state index in [1.165, 1.54) is 0 Å². The molecule has 0 radical (unpaired) electrons. The van der Waals surface area contributed by atoms with Crippen LogP contribution < -0.4 is 5.32 Å². The van der Waals surface area contributed by atoms with Gasteiger partial charge in [0, 0.05) is 17.9 Å². The summed E-state index contributed by atoms with van der Waals surface area (Å²) < 4.78 is 0. The van der Waals surface area contributed by atoms with Crippen molar-refractivity contribution in [2.24, 2.45) is 11.8 Å². The minimum atomic E-state index is 0.197. The number of rotatable bonds is 2. The third-order valence-corrected chi connectivity index (χ3v) is 2.46. The SMILES string of the molecule is CC(C)C(=O)C1CCNC1C. The van der Waals surface area contributed by atoms with Gasteiger partial charge in [-0.15, -0.1) is 0 Å². The summed E-state index contributed by atoms with van der Waals surface area (Å²) in [6.45, 7) is 7.06. The molecule has 0 aromatic carbocycles. The maximum atomic E-state index is 11.5. The van der Waals surface area contributed by atoms with Crippen LogP contribution in [-0.4, -0.2) is 18.4 Å². The van der Waals surface area contributed by atoms with Gasteiger partial charge in [-0.25, -0.2) is 0 Å². The van der Waals surface area contributed by atoms with Gasteiger partial charge in [-0.2, -0.15) is 0 Å². The highest BCUT2D eigenvalue weighted by molar-refractivity contribution is 5.83. The molecule has 1 heterocycles. The molecule has 2 heteroatoms. The summed E-state index contributed by atoms with van der Waals surface area (Å²) >= 11 is 0. The summed E-state index contributed by atoms with van der Waals surface area (Å²) in [5.74, 6) is 0.889. The fourth-order valence-corrected chi connectivity index (χ4v) is 1.68. The molecule has 0 aromatic rings. The fourth-order valence-electron chi connectivity index (χ4n) is 1.68. The van der Waals surface area contributed by atoms with E-state index in [0.717, 1.165) is 13.0 Å². The van der Waals surface area contributed by atoms with Gasteiger partial charge < -0.3 is 5.32 Å². The van der Waals surface area contributed by atoms with Crippen molar-refractivity contribution < 1.29 is 4.79 Å². The summed E-state index contributed by atoms with van der Waals surface area (Å²) in [5, 5.41) is 3.28. The van der Waals surface area contributed by atoms with Gasteiger partial charge in [-0.05, 0) is 19.9 Å². The van der Waals surface area contributed by atoms with Crippen LogP contribution in [0.4, 0.5) is 0 Å². The van der Waals surface area contributed by atoms with E-state index in [2.05, 4.69) is 12.2 Å². The molecule has 1 fully saturated rings. The molecule has 0 bridgehead atoms. The third-order valence-electron chi connectivity index (χ3n) is 2.46. The molecule has 2 atom stereocenters. The Morgan fingerprint density at radius 1 is 1.55 bits per heavy atom. The van der Waals surface area contributed by atoms with Crippen LogP contribution in [0.15, 0.2) is 0 Å². The Kier molecular flexibility index (Phi) is 2.66. The first-order valence-electron chi connectivity index (χ1n) is 4.40. The Morgan fingerprint density at radius 2 is 2.18 bits per heavy atom. The number of hydrogen-bond acceptors (Lipinski definition) is 2. The normalized spacial score (nSPS) is 31.3. The van der Waals surface area contributed by atoms with Crippen molar-refractivity contribution in [2.75, 3.05) is 6.54 Å². The molecule has 0 spiro atoms. The number of hydrogen-bond donors (Lipinski definition) is 1. The molecule has 0 saturated carbocycles. The summed E-state index contributed by atoms with van der Waals surface area (Å²) in [6.07, 6.45) is 1.03. The molecule has 64 valence electrons. The fraction of sp³-hybridized carbons (Fsp3) is 0.889. The average molecular weight is 155 g/mol. The highest BCUT2D eigenvalue weighted by Gasteiger charge is 2.30. The van der Waals surface area contributed by atoms with Crippen molar-refractivity contribution in [3.05, 3.63) is 0 Å². The lowest BCUT2D eigenvalue weighted by atomic mass is 9.90. The highest BCUT2D eigenvalue weighted by atomic mass is 16.1.